The van der Waals surface area contributed by atoms with Crippen molar-refractivity contribution in [3.8, 4) is 11.1 Å². The molecule has 1 saturated carbocycles. The van der Waals surface area contributed by atoms with Crippen molar-refractivity contribution < 1.29 is 19.1 Å². The zero-order valence-corrected chi connectivity index (χ0v) is 24.8. The van der Waals surface area contributed by atoms with Crippen LogP contribution in [0.4, 0.5) is 0 Å². The molecule has 0 atom stereocenters. The maximum absolute atomic E-state index is 14.1. The average Bonchev–Trinajstić information content (AvgIpc) is 3.42. The van der Waals surface area contributed by atoms with Gasteiger partial charge in [-0.15, -0.1) is 0 Å². The number of hydrogen-bond acceptors (Lipinski definition) is 5. The zero-order chi connectivity index (χ0) is 29.2. The van der Waals surface area contributed by atoms with E-state index in [-0.39, 0.29) is 12.6 Å². The van der Waals surface area contributed by atoms with E-state index in [0.29, 0.717) is 18.4 Å². The Hall–Kier alpha value is -3.93. The molecule has 0 N–H and O–H groups in total. The first-order chi connectivity index (χ1) is 19.6. The lowest BCUT2D eigenvalue weighted by Crippen LogP contribution is -2.39. The Morgan fingerprint density at radius 3 is 2.39 bits per heavy atom. The molecule has 4 aromatic rings. The number of imidazole rings is 1. The molecule has 0 unspecified atom stereocenters. The van der Waals surface area contributed by atoms with Crippen LogP contribution in [0.3, 0.4) is 0 Å². The van der Waals surface area contributed by atoms with Crippen molar-refractivity contribution in [2.75, 3.05) is 0 Å². The second-order valence-electron chi connectivity index (χ2n) is 12.1. The van der Waals surface area contributed by atoms with Crippen LogP contribution in [0.2, 0.25) is 0 Å². The fraction of sp³-hybridized carbons (Fsp3) is 0.400. The Morgan fingerprint density at radius 2 is 1.71 bits per heavy atom. The summed E-state index contributed by atoms with van der Waals surface area (Å²) in [5.74, 6) is -0.643. The van der Waals surface area contributed by atoms with Gasteiger partial charge in [-0.3, -0.25) is 4.79 Å². The van der Waals surface area contributed by atoms with Crippen LogP contribution in [-0.2, 0) is 32.7 Å². The van der Waals surface area contributed by atoms with E-state index in [2.05, 4.69) is 6.92 Å². The van der Waals surface area contributed by atoms with Gasteiger partial charge in [-0.25, -0.2) is 9.78 Å². The Bertz CT molecular complexity index is 1560. The summed E-state index contributed by atoms with van der Waals surface area (Å²) in [6, 6.07) is 19.7. The third-order valence-corrected chi connectivity index (χ3v) is 8.03. The molecule has 2 aromatic carbocycles. The maximum atomic E-state index is 14.1. The average molecular weight is 553 g/mol. The lowest BCUT2D eigenvalue weighted by Gasteiger charge is -2.36. The summed E-state index contributed by atoms with van der Waals surface area (Å²) in [4.78, 5) is 32.3. The van der Waals surface area contributed by atoms with E-state index in [0.717, 1.165) is 65.0 Å². The molecule has 0 saturated heterocycles. The molecule has 214 valence electrons. The zero-order valence-electron chi connectivity index (χ0n) is 24.8. The minimum atomic E-state index is -0.822. The normalized spacial score (nSPS) is 15.0. The molecule has 1 aliphatic carbocycles. The Balaban J connectivity index is 1.51. The Kier molecular flexibility index (Phi) is 8.03. The number of aromatic nitrogens is 2. The number of nitrogens with zero attached hydrogens (tertiary/aromatic N) is 2. The van der Waals surface area contributed by atoms with Gasteiger partial charge in [0.05, 0.1) is 22.4 Å². The van der Waals surface area contributed by atoms with Gasteiger partial charge in [-0.2, -0.15) is 0 Å². The number of fused-ring (bicyclic) bond motifs is 1. The molecule has 1 fully saturated rings. The van der Waals surface area contributed by atoms with Crippen molar-refractivity contribution in [3.05, 3.63) is 94.9 Å². The molecule has 0 radical (unpaired) electrons. The van der Waals surface area contributed by atoms with Gasteiger partial charge < -0.3 is 13.9 Å². The Morgan fingerprint density at radius 1 is 0.976 bits per heavy atom. The molecule has 2 heterocycles. The van der Waals surface area contributed by atoms with Gasteiger partial charge >= 0.3 is 11.9 Å². The number of hydrogen-bond donors (Lipinski definition) is 0. The van der Waals surface area contributed by atoms with Crippen molar-refractivity contribution in [2.45, 2.75) is 90.8 Å². The van der Waals surface area contributed by atoms with Crippen LogP contribution in [0.1, 0.15) is 92.7 Å². The van der Waals surface area contributed by atoms with Crippen molar-refractivity contribution in [1.29, 1.82) is 0 Å². The summed E-state index contributed by atoms with van der Waals surface area (Å²) in [6.07, 6.45) is 7.14. The molecular weight excluding hydrogens is 512 g/mol. The molecule has 0 aliphatic heterocycles. The number of aryl methyl sites for hydroxylation is 2. The maximum Gasteiger partial charge on any atom is 0.339 e. The number of ether oxygens (including phenoxy) is 2. The second-order valence-corrected chi connectivity index (χ2v) is 12.1. The van der Waals surface area contributed by atoms with E-state index in [1.54, 1.807) is 0 Å². The molecule has 0 bridgehead atoms. The standard InChI is InChI=1S/C35H40N2O4/c1-6-27-22-37-28(17-15-24(2)31(37)36-27)23-40-33(39)35(19-11-8-12-20-35)26-16-18-29(25-13-9-7-10-14-25)30(21-26)32(38)41-34(3,4)5/h7,9-10,13-18,21-22H,6,8,11-12,19-20,23H2,1-5H3. The van der Waals surface area contributed by atoms with Gasteiger partial charge in [-0.05, 0) is 81.3 Å². The van der Waals surface area contributed by atoms with E-state index >= 15 is 0 Å². The highest BCUT2D eigenvalue weighted by atomic mass is 16.6. The topological polar surface area (TPSA) is 69.9 Å². The first kappa shape index (κ1) is 28.6. The third-order valence-electron chi connectivity index (χ3n) is 8.03. The first-order valence-electron chi connectivity index (χ1n) is 14.7. The molecule has 0 amide bonds. The monoisotopic (exact) mass is 552 g/mol. The molecule has 5 rings (SSSR count). The summed E-state index contributed by atoms with van der Waals surface area (Å²) in [6.45, 7) is 9.86. The molecule has 1 aliphatic rings. The van der Waals surface area contributed by atoms with Crippen LogP contribution in [0.25, 0.3) is 16.8 Å². The van der Waals surface area contributed by atoms with Gasteiger partial charge in [0.25, 0.3) is 0 Å². The van der Waals surface area contributed by atoms with Crippen molar-refractivity contribution in [2.24, 2.45) is 0 Å². The van der Waals surface area contributed by atoms with E-state index in [4.69, 9.17) is 14.5 Å². The van der Waals surface area contributed by atoms with Gasteiger partial charge in [-0.1, -0.05) is 74.7 Å². The minimum absolute atomic E-state index is 0.151. The number of carbonyl (C=O) groups is 2. The highest BCUT2D eigenvalue weighted by Gasteiger charge is 2.43. The molecule has 6 nitrogen and oxygen atoms in total. The number of carbonyl (C=O) groups excluding carboxylic acids is 2. The van der Waals surface area contributed by atoms with Crippen LogP contribution in [0.5, 0.6) is 0 Å². The number of pyridine rings is 1. The minimum Gasteiger partial charge on any atom is -0.459 e. The van der Waals surface area contributed by atoms with Crippen molar-refractivity contribution >= 4 is 17.6 Å². The Labute approximate surface area is 242 Å². The quantitative estimate of drug-likeness (QED) is 0.219. The van der Waals surface area contributed by atoms with Gasteiger partial charge in [0, 0.05) is 6.20 Å². The summed E-state index contributed by atoms with van der Waals surface area (Å²) in [5.41, 5.74) is 5.38. The lowest BCUT2D eigenvalue weighted by molar-refractivity contribution is -0.153. The molecule has 2 aromatic heterocycles. The fourth-order valence-electron chi connectivity index (χ4n) is 5.85. The van der Waals surface area contributed by atoms with E-state index in [9.17, 15) is 9.59 Å². The van der Waals surface area contributed by atoms with E-state index in [1.165, 1.54) is 0 Å². The van der Waals surface area contributed by atoms with Crippen molar-refractivity contribution in [1.82, 2.24) is 9.38 Å². The van der Waals surface area contributed by atoms with Crippen LogP contribution in [0, 0.1) is 6.92 Å². The van der Waals surface area contributed by atoms with Crippen LogP contribution >= 0.6 is 0 Å². The predicted molar refractivity (Wildman–Crippen MR) is 161 cm³/mol. The van der Waals surface area contributed by atoms with Crippen LogP contribution < -0.4 is 0 Å². The van der Waals surface area contributed by atoms with Crippen LogP contribution in [0.15, 0.2) is 66.9 Å². The van der Waals surface area contributed by atoms with Crippen molar-refractivity contribution in [3.63, 3.8) is 0 Å². The second kappa shape index (κ2) is 11.5. The molecule has 6 heteroatoms. The molecule has 0 spiro atoms. The highest BCUT2D eigenvalue weighted by molar-refractivity contribution is 5.98. The molecule has 41 heavy (non-hydrogen) atoms. The van der Waals surface area contributed by atoms with Gasteiger partial charge in [0.1, 0.15) is 17.9 Å². The van der Waals surface area contributed by atoms with Gasteiger partial charge in [0.15, 0.2) is 0 Å². The fourth-order valence-corrected chi connectivity index (χ4v) is 5.85. The van der Waals surface area contributed by atoms with E-state index < -0.39 is 17.0 Å². The highest BCUT2D eigenvalue weighted by Crippen LogP contribution is 2.42. The van der Waals surface area contributed by atoms with Gasteiger partial charge in [0.2, 0.25) is 0 Å². The molecular formula is C35H40N2O4. The predicted octanol–water partition coefficient (Wildman–Crippen LogP) is 7.77. The number of benzene rings is 2. The summed E-state index contributed by atoms with van der Waals surface area (Å²) < 4.78 is 14.0. The summed E-state index contributed by atoms with van der Waals surface area (Å²) in [7, 11) is 0. The summed E-state index contributed by atoms with van der Waals surface area (Å²) >= 11 is 0. The SMILES string of the molecule is CCc1cn2c(COC(=O)C3(c4ccc(-c5ccccc5)c(C(=O)OC(C)(C)C)c4)CCCCC3)ccc(C)c2n1. The number of rotatable bonds is 7. The summed E-state index contributed by atoms with van der Waals surface area (Å²) in [5, 5.41) is 0. The first-order valence-corrected chi connectivity index (χ1v) is 14.7. The lowest BCUT2D eigenvalue weighted by atomic mass is 9.69. The number of esters is 2. The van der Waals surface area contributed by atoms with Crippen LogP contribution in [-0.4, -0.2) is 26.9 Å². The largest absolute Gasteiger partial charge is 0.459 e. The van der Waals surface area contributed by atoms with E-state index in [1.807, 2.05) is 99.0 Å². The third kappa shape index (κ3) is 5.92. The smallest absolute Gasteiger partial charge is 0.339 e.